The summed E-state index contributed by atoms with van der Waals surface area (Å²) in [5.74, 6) is -0.367. The fourth-order valence-electron chi connectivity index (χ4n) is 5.67. The second-order valence-electron chi connectivity index (χ2n) is 13.5. The van der Waals surface area contributed by atoms with Crippen molar-refractivity contribution in [3.05, 3.63) is 35.4 Å². The van der Waals surface area contributed by atoms with Crippen LogP contribution in [0.5, 0.6) is 0 Å². The first-order chi connectivity index (χ1) is 17.6. The van der Waals surface area contributed by atoms with Crippen LogP contribution in [-0.2, 0) is 18.7 Å². The van der Waals surface area contributed by atoms with Gasteiger partial charge in [0.25, 0.3) is 0 Å². The molecule has 2 saturated heterocycles. The maximum Gasteiger partial charge on any atom is 0.411 e. The van der Waals surface area contributed by atoms with Crippen molar-refractivity contribution in [1.82, 2.24) is 4.90 Å². The zero-order chi connectivity index (χ0) is 28.0. The molecule has 2 fully saturated rings. The van der Waals surface area contributed by atoms with Crippen molar-refractivity contribution >= 4 is 31.6 Å². The van der Waals surface area contributed by atoms with E-state index in [9.17, 15) is 9.59 Å². The molecule has 0 unspecified atom stereocenters. The maximum atomic E-state index is 13.0. The molecule has 3 aliphatic heterocycles. The largest absolute Gasteiger partial charge is 0.466 e. The number of hydrogen-bond acceptors (Lipinski definition) is 6. The van der Waals surface area contributed by atoms with Gasteiger partial charge < -0.3 is 18.8 Å². The standard InChI is InChI=1S/C30H46N2O5Si/c1-29(2,3)36-28(34)32-22-14-15-25(32)26(27(33)35-7)24(18-22)20-10-12-21(13-11-20)31-17-16-23(19-31)37-38(8,9)30(4,5)6/h10-13,22-23,25H,14-19H2,1-9H3/t22-,23+,25+/m1/s1. The van der Waals surface area contributed by atoms with E-state index < -0.39 is 13.9 Å². The third kappa shape index (κ3) is 5.81. The topological polar surface area (TPSA) is 68.3 Å². The number of benzene rings is 1. The minimum atomic E-state index is -1.80. The van der Waals surface area contributed by atoms with Crippen molar-refractivity contribution in [3.63, 3.8) is 0 Å². The molecule has 7 nitrogen and oxygen atoms in total. The molecule has 2 bridgehead atoms. The summed E-state index contributed by atoms with van der Waals surface area (Å²) in [7, 11) is -0.395. The van der Waals surface area contributed by atoms with Gasteiger partial charge in [-0.25, -0.2) is 9.59 Å². The molecular weight excluding hydrogens is 496 g/mol. The Morgan fingerprint density at radius 1 is 0.974 bits per heavy atom. The number of esters is 1. The van der Waals surface area contributed by atoms with Gasteiger partial charge >= 0.3 is 12.1 Å². The van der Waals surface area contributed by atoms with Crippen molar-refractivity contribution in [2.24, 2.45) is 0 Å². The van der Waals surface area contributed by atoms with Gasteiger partial charge in [-0.15, -0.1) is 0 Å². The molecule has 3 heterocycles. The highest BCUT2D eigenvalue weighted by Crippen LogP contribution is 2.44. The second-order valence-corrected chi connectivity index (χ2v) is 18.3. The van der Waals surface area contributed by atoms with Gasteiger partial charge in [0.15, 0.2) is 8.32 Å². The van der Waals surface area contributed by atoms with Crippen LogP contribution in [0.15, 0.2) is 29.8 Å². The first-order valence-corrected chi connectivity index (χ1v) is 16.9. The first kappa shape index (κ1) is 28.7. The van der Waals surface area contributed by atoms with E-state index in [2.05, 4.69) is 63.0 Å². The lowest BCUT2D eigenvalue weighted by atomic mass is 9.88. The SMILES string of the molecule is COC(=O)C1=C(c2ccc(N3CC[C@H](O[Si](C)(C)C(C)(C)C)C3)cc2)C[C@H]2CC[C@@H]1N2C(=O)OC(C)(C)C. The van der Waals surface area contributed by atoms with Gasteiger partial charge in [-0.05, 0) is 87.9 Å². The Balaban J connectivity index is 1.54. The smallest absolute Gasteiger partial charge is 0.411 e. The van der Waals surface area contributed by atoms with Gasteiger partial charge in [0.1, 0.15) is 5.60 Å². The number of rotatable bonds is 5. The fraction of sp³-hybridized carbons (Fsp3) is 0.667. The average Bonchev–Trinajstić information content (AvgIpc) is 3.39. The number of amides is 1. The van der Waals surface area contributed by atoms with E-state index in [1.165, 1.54) is 12.8 Å². The molecule has 1 aromatic carbocycles. The van der Waals surface area contributed by atoms with Crippen LogP contribution in [0, 0.1) is 0 Å². The minimum absolute atomic E-state index is 0.0183. The third-order valence-electron chi connectivity index (χ3n) is 8.60. The van der Waals surface area contributed by atoms with Gasteiger partial charge in [0.2, 0.25) is 0 Å². The summed E-state index contributed by atoms with van der Waals surface area (Å²) in [6.45, 7) is 19.0. The molecule has 3 atom stereocenters. The molecule has 0 aliphatic carbocycles. The summed E-state index contributed by atoms with van der Waals surface area (Å²) in [6.07, 6.45) is 3.14. The molecular formula is C30H46N2O5Si. The highest BCUT2D eigenvalue weighted by molar-refractivity contribution is 6.74. The minimum Gasteiger partial charge on any atom is -0.466 e. The van der Waals surface area contributed by atoms with E-state index in [0.717, 1.165) is 43.5 Å². The summed E-state index contributed by atoms with van der Waals surface area (Å²) in [4.78, 5) is 30.2. The first-order valence-electron chi connectivity index (χ1n) is 14.0. The lowest BCUT2D eigenvalue weighted by Gasteiger charge is -2.38. The van der Waals surface area contributed by atoms with E-state index in [1.54, 1.807) is 4.90 Å². The Hall–Kier alpha value is -2.32. The Morgan fingerprint density at radius 3 is 2.21 bits per heavy atom. The van der Waals surface area contributed by atoms with Crippen LogP contribution in [0.25, 0.3) is 5.57 Å². The molecule has 210 valence electrons. The lowest BCUT2D eigenvalue weighted by Crippen LogP contribution is -2.48. The number of carbonyl (C=O) groups is 2. The maximum absolute atomic E-state index is 13.0. The zero-order valence-electron chi connectivity index (χ0n) is 24.7. The molecule has 3 aliphatic rings. The average molecular weight is 543 g/mol. The van der Waals surface area contributed by atoms with Crippen LogP contribution >= 0.6 is 0 Å². The number of anilines is 1. The van der Waals surface area contributed by atoms with Crippen LogP contribution in [0.4, 0.5) is 10.5 Å². The fourth-order valence-corrected chi connectivity index (χ4v) is 7.05. The molecule has 8 heteroatoms. The van der Waals surface area contributed by atoms with E-state index in [-0.39, 0.29) is 35.3 Å². The quantitative estimate of drug-likeness (QED) is 0.317. The van der Waals surface area contributed by atoms with Crippen molar-refractivity contribution in [1.29, 1.82) is 0 Å². The number of nitrogens with zero attached hydrogens (tertiary/aromatic N) is 2. The third-order valence-corrected chi connectivity index (χ3v) is 13.1. The van der Waals surface area contributed by atoms with E-state index in [1.807, 2.05) is 20.8 Å². The number of carbonyl (C=O) groups excluding carboxylic acids is 2. The predicted molar refractivity (Wildman–Crippen MR) is 154 cm³/mol. The second kappa shape index (κ2) is 10.3. The van der Waals surface area contributed by atoms with Gasteiger partial charge in [-0.3, -0.25) is 4.90 Å². The van der Waals surface area contributed by atoms with Gasteiger partial charge in [0, 0.05) is 24.8 Å². The van der Waals surface area contributed by atoms with Crippen LogP contribution in [0.1, 0.15) is 72.8 Å². The Morgan fingerprint density at radius 2 is 1.63 bits per heavy atom. The summed E-state index contributed by atoms with van der Waals surface area (Å²) < 4.78 is 17.6. The van der Waals surface area contributed by atoms with Gasteiger partial charge in [0.05, 0.1) is 24.8 Å². The van der Waals surface area contributed by atoms with Gasteiger partial charge in [-0.1, -0.05) is 32.9 Å². The van der Waals surface area contributed by atoms with Crippen molar-refractivity contribution < 1.29 is 23.5 Å². The molecule has 0 saturated carbocycles. The highest BCUT2D eigenvalue weighted by Gasteiger charge is 2.48. The molecule has 0 aromatic heterocycles. The molecule has 0 radical (unpaired) electrons. The van der Waals surface area contributed by atoms with Crippen LogP contribution in [0.2, 0.25) is 18.1 Å². The molecule has 0 N–H and O–H groups in total. The van der Waals surface area contributed by atoms with Crippen molar-refractivity contribution in [2.45, 2.75) is 109 Å². The lowest BCUT2D eigenvalue weighted by molar-refractivity contribution is -0.136. The molecule has 38 heavy (non-hydrogen) atoms. The van der Waals surface area contributed by atoms with Crippen LogP contribution in [0.3, 0.4) is 0 Å². The summed E-state index contributed by atoms with van der Waals surface area (Å²) in [6, 6.07) is 8.21. The number of fused-ring (bicyclic) bond motifs is 2. The highest BCUT2D eigenvalue weighted by atomic mass is 28.4. The van der Waals surface area contributed by atoms with E-state index >= 15 is 0 Å². The Kier molecular flexibility index (Phi) is 7.80. The van der Waals surface area contributed by atoms with Crippen LogP contribution < -0.4 is 4.90 Å². The predicted octanol–water partition coefficient (Wildman–Crippen LogP) is 6.39. The van der Waals surface area contributed by atoms with Crippen molar-refractivity contribution in [3.8, 4) is 0 Å². The van der Waals surface area contributed by atoms with E-state index in [0.29, 0.717) is 12.0 Å². The number of hydrogen-bond donors (Lipinski definition) is 0. The van der Waals surface area contributed by atoms with Crippen molar-refractivity contribution in [2.75, 3.05) is 25.1 Å². The molecule has 0 spiro atoms. The summed E-state index contributed by atoms with van der Waals surface area (Å²) >= 11 is 0. The summed E-state index contributed by atoms with van der Waals surface area (Å²) in [5, 5.41) is 0.200. The summed E-state index contributed by atoms with van der Waals surface area (Å²) in [5.41, 5.74) is 3.17. The van der Waals surface area contributed by atoms with Gasteiger partial charge in [-0.2, -0.15) is 0 Å². The molecule has 1 aromatic rings. The molecule has 4 rings (SSSR count). The normalized spacial score (nSPS) is 24.2. The monoisotopic (exact) mass is 542 g/mol. The van der Waals surface area contributed by atoms with E-state index in [4.69, 9.17) is 13.9 Å². The number of ether oxygens (including phenoxy) is 2. The Labute approximate surface area is 229 Å². The Bertz CT molecular complexity index is 1080. The van der Waals surface area contributed by atoms with Crippen LogP contribution in [-0.4, -0.2) is 69.3 Å². The molecule has 1 amide bonds. The number of methoxy groups -OCH3 is 1. The zero-order valence-corrected chi connectivity index (χ0v) is 25.7.